The Balaban J connectivity index is 1.76. The molecule has 3 rings (SSSR count). The van der Waals surface area contributed by atoms with Gasteiger partial charge in [-0.3, -0.25) is 29.4 Å². The summed E-state index contributed by atoms with van der Waals surface area (Å²) in [5.74, 6) is -1.81. The minimum Gasteiger partial charge on any atom is -0.493 e. The van der Waals surface area contributed by atoms with Gasteiger partial charge in [0.15, 0.2) is 11.5 Å². The highest BCUT2D eigenvalue weighted by Gasteiger charge is 2.36. The van der Waals surface area contributed by atoms with E-state index in [1.54, 1.807) is 13.0 Å². The summed E-state index contributed by atoms with van der Waals surface area (Å²) in [6.45, 7) is 1.27. The number of non-ortho nitro benzene ring substituents is 1. The number of carbonyl (C=O) groups excluding carboxylic acids is 4. The van der Waals surface area contributed by atoms with E-state index in [4.69, 9.17) is 14.2 Å². The minimum absolute atomic E-state index is 0.0819. The molecule has 0 N–H and O–H groups in total. The maximum absolute atomic E-state index is 12.5. The third-order valence-electron chi connectivity index (χ3n) is 4.47. The van der Waals surface area contributed by atoms with Crippen molar-refractivity contribution in [3.8, 4) is 11.5 Å². The molecule has 11 nitrogen and oxygen atoms in total. The van der Waals surface area contributed by atoms with Gasteiger partial charge in [0.05, 0.1) is 29.1 Å². The van der Waals surface area contributed by atoms with Gasteiger partial charge < -0.3 is 14.2 Å². The highest BCUT2D eigenvalue weighted by molar-refractivity contribution is 8.18. The van der Waals surface area contributed by atoms with E-state index >= 15 is 0 Å². The molecule has 0 unspecified atom stereocenters. The van der Waals surface area contributed by atoms with Crippen LogP contribution in [0.2, 0.25) is 0 Å². The summed E-state index contributed by atoms with van der Waals surface area (Å²) >= 11 is 0.682. The zero-order valence-electron chi connectivity index (χ0n) is 18.0. The Kier molecular flexibility index (Phi) is 7.64. The van der Waals surface area contributed by atoms with E-state index in [1.165, 1.54) is 49.6 Å². The van der Waals surface area contributed by atoms with Crippen LogP contribution in [-0.4, -0.2) is 53.2 Å². The van der Waals surface area contributed by atoms with Crippen molar-refractivity contribution in [2.24, 2.45) is 0 Å². The van der Waals surface area contributed by atoms with Crippen LogP contribution in [0.15, 0.2) is 47.4 Å². The van der Waals surface area contributed by atoms with E-state index in [1.807, 2.05) is 0 Å². The number of esters is 2. The number of benzene rings is 2. The van der Waals surface area contributed by atoms with Crippen LogP contribution >= 0.6 is 11.8 Å². The molecule has 176 valence electrons. The average Bonchev–Trinajstić information content (AvgIpc) is 3.07. The minimum atomic E-state index is -0.749. The molecule has 12 heteroatoms. The molecule has 1 aliphatic rings. The van der Waals surface area contributed by atoms with Gasteiger partial charge in [-0.2, -0.15) is 0 Å². The lowest BCUT2D eigenvalue weighted by Gasteiger charge is -2.11. The SMILES string of the molecule is CCOC(=O)CN1C(=O)S/C(=C\c2ccc(OC(=O)c3ccc([N+](=O)[O-])cc3)c(OC)c2)C1=O. The molecule has 0 bridgehead atoms. The molecule has 0 atom stereocenters. The van der Waals surface area contributed by atoms with Gasteiger partial charge in [0, 0.05) is 12.1 Å². The van der Waals surface area contributed by atoms with Gasteiger partial charge in [-0.1, -0.05) is 6.07 Å². The first-order chi connectivity index (χ1) is 16.2. The number of carbonyl (C=O) groups is 4. The first-order valence-corrected chi connectivity index (χ1v) is 10.6. The van der Waals surface area contributed by atoms with Crippen LogP contribution in [0, 0.1) is 10.1 Å². The zero-order valence-corrected chi connectivity index (χ0v) is 18.8. The molecule has 0 aliphatic carbocycles. The number of amides is 2. The Morgan fingerprint density at radius 2 is 1.82 bits per heavy atom. The monoisotopic (exact) mass is 486 g/mol. The molecule has 0 spiro atoms. The van der Waals surface area contributed by atoms with Crippen LogP contribution in [-0.2, 0) is 14.3 Å². The second-order valence-electron chi connectivity index (χ2n) is 6.68. The van der Waals surface area contributed by atoms with Crippen LogP contribution in [0.4, 0.5) is 10.5 Å². The molecule has 0 aromatic heterocycles. The number of rotatable bonds is 8. The molecule has 1 saturated heterocycles. The van der Waals surface area contributed by atoms with E-state index in [0.717, 1.165) is 4.90 Å². The van der Waals surface area contributed by atoms with Gasteiger partial charge in [-0.05, 0) is 54.6 Å². The molecule has 2 aromatic rings. The molecule has 2 amide bonds. The van der Waals surface area contributed by atoms with Crippen LogP contribution in [0.3, 0.4) is 0 Å². The smallest absolute Gasteiger partial charge is 0.343 e. The van der Waals surface area contributed by atoms with E-state index in [9.17, 15) is 29.3 Å². The zero-order chi connectivity index (χ0) is 24.8. The molecule has 34 heavy (non-hydrogen) atoms. The van der Waals surface area contributed by atoms with Crippen molar-refractivity contribution in [2.75, 3.05) is 20.3 Å². The van der Waals surface area contributed by atoms with Crippen LogP contribution in [0.5, 0.6) is 11.5 Å². The topological polar surface area (TPSA) is 142 Å². The fourth-order valence-electron chi connectivity index (χ4n) is 2.86. The molecule has 1 heterocycles. The standard InChI is InChI=1S/C22H18N2O9S/c1-3-32-19(25)12-23-20(26)18(34-22(23)28)11-13-4-9-16(17(10-13)31-2)33-21(27)14-5-7-15(8-6-14)24(29)30/h4-11H,3,12H2,1-2H3/b18-11-. The Labute approximate surface area is 197 Å². The Morgan fingerprint density at radius 3 is 2.44 bits per heavy atom. The van der Waals surface area contributed by atoms with Crippen molar-refractivity contribution in [3.63, 3.8) is 0 Å². The van der Waals surface area contributed by atoms with Crippen molar-refractivity contribution in [2.45, 2.75) is 6.92 Å². The van der Waals surface area contributed by atoms with Crippen molar-refractivity contribution < 1.29 is 38.3 Å². The predicted octanol–water partition coefficient (Wildman–Crippen LogP) is 3.42. The maximum atomic E-state index is 12.5. The number of nitro benzene ring substituents is 1. The fourth-order valence-corrected chi connectivity index (χ4v) is 3.70. The highest BCUT2D eigenvalue weighted by atomic mass is 32.2. The van der Waals surface area contributed by atoms with Gasteiger partial charge in [-0.15, -0.1) is 0 Å². The number of hydrogen-bond acceptors (Lipinski definition) is 10. The first-order valence-electron chi connectivity index (χ1n) is 9.79. The van der Waals surface area contributed by atoms with Crippen molar-refractivity contribution in [1.82, 2.24) is 4.90 Å². The fraction of sp³-hybridized carbons (Fsp3) is 0.182. The summed E-state index contributed by atoms with van der Waals surface area (Å²) in [5.41, 5.74) is 0.422. The second-order valence-corrected chi connectivity index (χ2v) is 7.67. The van der Waals surface area contributed by atoms with Gasteiger partial charge in [0.1, 0.15) is 6.54 Å². The number of nitrogens with zero attached hydrogens (tertiary/aromatic N) is 2. The Bertz CT molecular complexity index is 1190. The number of methoxy groups -OCH3 is 1. The lowest BCUT2D eigenvalue weighted by Crippen LogP contribution is -2.34. The third kappa shape index (κ3) is 5.59. The molecular weight excluding hydrogens is 468 g/mol. The Hall–Kier alpha value is -4.19. The largest absolute Gasteiger partial charge is 0.493 e. The van der Waals surface area contributed by atoms with Crippen molar-refractivity contribution in [1.29, 1.82) is 0 Å². The van der Waals surface area contributed by atoms with Crippen LogP contribution in [0.1, 0.15) is 22.8 Å². The number of thioether (sulfide) groups is 1. The first kappa shape index (κ1) is 24.5. The average molecular weight is 486 g/mol. The Morgan fingerprint density at radius 1 is 1.12 bits per heavy atom. The molecule has 0 saturated carbocycles. The molecule has 1 fully saturated rings. The lowest BCUT2D eigenvalue weighted by atomic mass is 10.1. The van der Waals surface area contributed by atoms with Crippen LogP contribution < -0.4 is 9.47 Å². The van der Waals surface area contributed by atoms with E-state index in [2.05, 4.69) is 0 Å². The molecule has 0 radical (unpaired) electrons. The molecule has 1 aliphatic heterocycles. The van der Waals surface area contributed by atoms with Gasteiger partial charge in [-0.25, -0.2) is 4.79 Å². The van der Waals surface area contributed by atoms with Crippen molar-refractivity contribution >= 4 is 46.6 Å². The lowest BCUT2D eigenvalue weighted by molar-refractivity contribution is -0.384. The van der Waals surface area contributed by atoms with Crippen LogP contribution in [0.25, 0.3) is 6.08 Å². The third-order valence-corrected chi connectivity index (χ3v) is 5.38. The summed E-state index contributed by atoms with van der Waals surface area (Å²) in [5, 5.41) is 10.2. The van der Waals surface area contributed by atoms with Gasteiger partial charge >= 0.3 is 11.9 Å². The van der Waals surface area contributed by atoms with E-state index < -0.39 is 34.6 Å². The summed E-state index contributed by atoms with van der Waals surface area (Å²) in [6.07, 6.45) is 1.44. The quantitative estimate of drug-likeness (QED) is 0.179. The summed E-state index contributed by atoms with van der Waals surface area (Å²) in [4.78, 5) is 59.7. The second kappa shape index (κ2) is 10.6. The number of imide groups is 1. The van der Waals surface area contributed by atoms with Gasteiger partial charge in [0.25, 0.3) is 16.8 Å². The maximum Gasteiger partial charge on any atom is 0.343 e. The number of nitro groups is 1. The number of ether oxygens (including phenoxy) is 3. The van der Waals surface area contributed by atoms with E-state index in [0.29, 0.717) is 17.3 Å². The number of hydrogen-bond donors (Lipinski definition) is 0. The summed E-state index contributed by atoms with van der Waals surface area (Å²) in [7, 11) is 1.36. The predicted molar refractivity (Wildman–Crippen MR) is 120 cm³/mol. The van der Waals surface area contributed by atoms with Gasteiger partial charge in [0.2, 0.25) is 0 Å². The molecular formula is C22H18N2O9S. The highest BCUT2D eigenvalue weighted by Crippen LogP contribution is 2.34. The van der Waals surface area contributed by atoms with Crippen molar-refractivity contribution in [3.05, 3.63) is 68.6 Å². The molecule has 2 aromatic carbocycles. The summed E-state index contributed by atoms with van der Waals surface area (Å²) < 4.78 is 15.4. The summed E-state index contributed by atoms with van der Waals surface area (Å²) in [6, 6.07) is 9.40. The normalized spacial score (nSPS) is 14.3. The van der Waals surface area contributed by atoms with E-state index in [-0.39, 0.29) is 34.3 Å².